The van der Waals surface area contributed by atoms with Crippen LogP contribution in [-0.2, 0) is 13.0 Å². The minimum atomic E-state index is 0.0292. The molecule has 0 spiro atoms. The SMILES string of the molecule is CCc1nc(CN2CCN(C(=O)c3cc4c(NC5CCCCCC5)c(C5CCC5C)c(=O)[nH]c4cc3C)C[C@@H]2C)c[nH]1. The van der Waals surface area contributed by atoms with Crippen LogP contribution in [0.15, 0.2) is 23.1 Å². The first-order valence-corrected chi connectivity index (χ1v) is 16.4. The number of anilines is 1. The molecule has 3 atom stereocenters. The van der Waals surface area contributed by atoms with Gasteiger partial charge < -0.3 is 20.2 Å². The third kappa shape index (κ3) is 5.75. The topological polar surface area (TPSA) is 97.1 Å². The van der Waals surface area contributed by atoms with Gasteiger partial charge in [0.1, 0.15) is 5.82 Å². The minimum absolute atomic E-state index is 0.0292. The minimum Gasteiger partial charge on any atom is -0.381 e. The third-order valence-corrected chi connectivity index (χ3v) is 10.3. The van der Waals surface area contributed by atoms with E-state index in [0.717, 1.165) is 90.0 Å². The number of aromatic nitrogens is 3. The Hall–Kier alpha value is -3.13. The van der Waals surface area contributed by atoms with Gasteiger partial charge >= 0.3 is 0 Å². The molecule has 2 unspecified atom stereocenters. The first-order valence-electron chi connectivity index (χ1n) is 16.4. The lowest BCUT2D eigenvalue weighted by atomic mass is 9.70. The number of amides is 1. The van der Waals surface area contributed by atoms with E-state index in [0.29, 0.717) is 25.0 Å². The monoisotopic (exact) mass is 572 g/mol. The summed E-state index contributed by atoms with van der Waals surface area (Å²) in [5.41, 5.74) is 5.45. The fraction of sp³-hybridized carbons (Fsp3) is 0.618. The van der Waals surface area contributed by atoms with Gasteiger partial charge in [0.05, 0.1) is 16.9 Å². The number of hydrogen-bond donors (Lipinski definition) is 3. The molecule has 1 amide bonds. The van der Waals surface area contributed by atoms with Gasteiger partial charge in [-0.15, -0.1) is 0 Å². The van der Waals surface area contributed by atoms with Crippen molar-refractivity contribution in [2.24, 2.45) is 5.92 Å². The number of carbonyl (C=O) groups is 1. The maximum Gasteiger partial charge on any atom is 0.254 e. The number of H-pyrrole nitrogens is 2. The van der Waals surface area contributed by atoms with Crippen LogP contribution in [0.4, 0.5) is 5.69 Å². The van der Waals surface area contributed by atoms with Crippen molar-refractivity contribution in [3.63, 3.8) is 0 Å². The van der Waals surface area contributed by atoms with Gasteiger partial charge in [0.2, 0.25) is 0 Å². The number of aromatic amines is 2. The number of piperazine rings is 1. The van der Waals surface area contributed by atoms with Crippen LogP contribution in [0, 0.1) is 12.8 Å². The van der Waals surface area contributed by atoms with Crippen molar-refractivity contribution in [3.05, 3.63) is 56.9 Å². The zero-order valence-corrected chi connectivity index (χ0v) is 25.9. The van der Waals surface area contributed by atoms with Crippen molar-refractivity contribution in [3.8, 4) is 0 Å². The number of pyridine rings is 1. The highest BCUT2D eigenvalue weighted by Crippen LogP contribution is 2.45. The van der Waals surface area contributed by atoms with Gasteiger partial charge in [0.25, 0.3) is 11.5 Å². The molecule has 0 radical (unpaired) electrons. The summed E-state index contributed by atoms with van der Waals surface area (Å²) < 4.78 is 0. The molecule has 8 heteroatoms. The van der Waals surface area contributed by atoms with Gasteiger partial charge in [-0.25, -0.2) is 4.98 Å². The smallest absolute Gasteiger partial charge is 0.254 e. The summed E-state index contributed by atoms with van der Waals surface area (Å²) in [4.78, 5) is 43.2. The average molecular weight is 573 g/mol. The Morgan fingerprint density at radius 1 is 1.07 bits per heavy atom. The van der Waals surface area contributed by atoms with Crippen LogP contribution in [0.2, 0.25) is 0 Å². The highest BCUT2D eigenvalue weighted by molar-refractivity contribution is 6.03. The number of fused-ring (bicyclic) bond motifs is 1. The first-order chi connectivity index (χ1) is 20.3. The second-order valence-corrected chi connectivity index (χ2v) is 13.2. The molecule has 2 saturated carbocycles. The Labute approximate surface area is 249 Å². The zero-order chi connectivity index (χ0) is 29.4. The molecule has 1 saturated heterocycles. The lowest BCUT2D eigenvalue weighted by Crippen LogP contribution is -2.53. The number of imidazole rings is 1. The van der Waals surface area contributed by atoms with Crippen LogP contribution in [0.25, 0.3) is 10.9 Å². The summed E-state index contributed by atoms with van der Waals surface area (Å²) in [6.45, 7) is 11.5. The molecule has 2 aliphatic carbocycles. The number of hydrogen-bond acceptors (Lipinski definition) is 5. The van der Waals surface area contributed by atoms with E-state index in [-0.39, 0.29) is 23.4 Å². The molecule has 1 aromatic carbocycles. The van der Waals surface area contributed by atoms with E-state index in [1.54, 1.807) is 0 Å². The highest BCUT2D eigenvalue weighted by atomic mass is 16.2. The Balaban J connectivity index is 1.29. The molecule has 2 aromatic heterocycles. The normalized spacial score (nSPS) is 24.0. The molecule has 0 bridgehead atoms. The molecule has 3 N–H and O–H groups in total. The molecule has 3 aromatic rings. The summed E-state index contributed by atoms with van der Waals surface area (Å²) in [6.07, 6.45) is 12.4. The van der Waals surface area contributed by atoms with Crippen molar-refractivity contribution in [2.75, 3.05) is 25.0 Å². The van der Waals surface area contributed by atoms with Crippen molar-refractivity contribution in [1.82, 2.24) is 24.8 Å². The summed E-state index contributed by atoms with van der Waals surface area (Å²) in [5.74, 6) is 1.86. The zero-order valence-electron chi connectivity index (χ0n) is 25.9. The summed E-state index contributed by atoms with van der Waals surface area (Å²) in [7, 11) is 0. The van der Waals surface area contributed by atoms with Crippen molar-refractivity contribution < 1.29 is 4.79 Å². The lowest BCUT2D eigenvalue weighted by molar-refractivity contribution is 0.0492. The van der Waals surface area contributed by atoms with Gasteiger partial charge in [-0.1, -0.05) is 39.5 Å². The number of carbonyl (C=O) groups excluding carboxylic acids is 1. The number of benzene rings is 1. The van der Waals surface area contributed by atoms with Gasteiger partial charge in [-0.3, -0.25) is 14.5 Å². The standard InChI is InChI=1S/C34H48N6O2/c1-5-30-35-18-25(36-30)20-39-14-15-40(19-23(39)4)34(42)27-17-28-29(16-22(27)3)38-33(41)31(26-13-12-21(26)2)32(28)37-24-10-8-6-7-9-11-24/h16-18,21,23-24,26H,5-15,19-20H2,1-4H3,(H,35,36)(H2,37,38,41)/t21?,23-,26?/m0/s1. The van der Waals surface area contributed by atoms with Crippen molar-refractivity contribution in [1.29, 1.82) is 0 Å². The molecule has 3 heterocycles. The fourth-order valence-corrected chi connectivity index (χ4v) is 7.39. The number of rotatable bonds is 7. The maximum absolute atomic E-state index is 14.1. The van der Waals surface area contributed by atoms with Gasteiger partial charge in [-0.05, 0) is 69.1 Å². The van der Waals surface area contributed by atoms with E-state index in [2.05, 4.69) is 52.0 Å². The molecule has 6 rings (SSSR count). The molecular weight excluding hydrogens is 524 g/mol. The maximum atomic E-state index is 14.1. The second-order valence-electron chi connectivity index (χ2n) is 13.2. The van der Waals surface area contributed by atoms with Crippen molar-refractivity contribution in [2.45, 2.75) is 110 Å². The van der Waals surface area contributed by atoms with E-state index in [9.17, 15) is 9.59 Å². The number of aryl methyl sites for hydroxylation is 2. The predicted octanol–water partition coefficient (Wildman–Crippen LogP) is 6.12. The predicted molar refractivity (Wildman–Crippen MR) is 169 cm³/mol. The molecule has 8 nitrogen and oxygen atoms in total. The summed E-state index contributed by atoms with van der Waals surface area (Å²) in [6, 6.07) is 4.69. The molecule has 3 fully saturated rings. The first kappa shape index (κ1) is 29.0. The van der Waals surface area contributed by atoms with Crippen LogP contribution in [0.3, 0.4) is 0 Å². The van der Waals surface area contributed by atoms with E-state index >= 15 is 0 Å². The Morgan fingerprint density at radius 3 is 2.50 bits per heavy atom. The van der Waals surface area contributed by atoms with Gasteiger partial charge in [0, 0.05) is 67.4 Å². The lowest BCUT2D eigenvalue weighted by Gasteiger charge is -2.39. The second kappa shape index (κ2) is 12.2. The Morgan fingerprint density at radius 2 is 1.86 bits per heavy atom. The number of nitrogens with zero attached hydrogens (tertiary/aromatic N) is 3. The van der Waals surface area contributed by atoms with Crippen molar-refractivity contribution >= 4 is 22.5 Å². The van der Waals surface area contributed by atoms with E-state index < -0.39 is 0 Å². The molecule has 1 aliphatic heterocycles. The molecule has 42 heavy (non-hydrogen) atoms. The molecule has 226 valence electrons. The highest BCUT2D eigenvalue weighted by Gasteiger charge is 2.34. The average Bonchev–Trinajstić information content (AvgIpc) is 3.27. The van der Waals surface area contributed by atoms with E-state index in [1.807, 2.05) is 24.1 Å². The Bertz CT molecular complexity index is 1480. The van der Waals surface area contributed by atoms with Gasteiger partial charge in [0.15, 0.2) is 0 Å². The van der Waals surface area contributed by atoms with Crippen LogP contribution in [-0.4, -0.2) is 62.4 Å². The van der Waals surface area contributed by atoms with E-state index in [1.165, 1.54) is 25.7 Å². The largest absolute Gasteiger partial charge is 0.381 e. The Kier molecular flexibility index (Phi) is 8.44. The molecule has 3 aliphatic rings. The molecular formula is C34H48N6O2. The van der Waals surface area contributed by atoms with E-state index in [4.69, 9.17) is 0 Å². The van der Waals surface area contributed by atoms with Crippen LogP contribution in [0.5, 0.6) is 0 Å². The van der Waals surface area contributed by atoms with Crippen LogP contribution < -0.4 is 10.9 Å². The van der Waals surface area contributed by atoms with Crippen LogP contribution >= 0.6 is 0 Å². The quantitative estimate of drug-likeness (QED) is 0.297. The third-order valence-electron chi connectivity index (χ3n) is 10.3. The fourth-order valence-electron chi connectivity index (χ4n) is 7.39. The summed E-state index contributed by atoms with van der Waals surface area (Å²) >= 11 is 0. The van der Waals surface area contributed by atoms with Gasteiger partial charge in [-0.2, -0.15) is 0 Å². The van der Waals surface area contributed by atoms with Crippen LogP contribution in [0.1, 0.15) is 111 Å². The summed E-state index contributed by atoms with van der Waals surface area (Å²) in [5, 5.41) is 4.88. The number of nitrogens with one attached hydrogen (secondary N) is 3.